The van der Waals surface area contributed by atoms with Crippen LogP contribution in [-0.2, 0) is 0 Å². The summed E-state index contributed by atoms with van der Waals surface area (Å²) < 4.78 is 35.9. The first-order valence-electron chi connectivity index (χ1n) is 2.22. The number of hydrogen-bond donors (Lipinski definition) is 0. The molecule has 0 heterocycles. The lowest BCUT2D eigenvalue weighted by Gasteiger charge is -2.22. The zero-order valence-electron chi connectivity index (χ0n) is 5.04. The minimum absolute atomic E-state index is 0.421. The second-order valence-corrected chi connectivity index (χ2v) is 2.17. The van der Waals surface area contributed by atoms with E-state index in [2.05, 4.69) is 11.6 Å². The second-order valence-electron chi connectivity index (χ2n) is 1.78. The predicted molar refractivity (Wildman–Crippen MR) is 29.4 cm³/mol. The minimum Gasteiger partial charge on any atom is -0.247 e. The fourth-order valence-corrected chi connectivity index (χ4v) is 0.390. The quantitative estimate of drug-likeness (QED) is 0.440. The fraction of sp³-hybridized carbons (Fsp3) is 1.00. The van der Waals surface area contributed by atoms with Crippen LogP contribution in [0.3, 0.4) is 0 Å². The summed E-state index contributed by atoms with van der Waals surface area (Å²) in [4.78, 5) is 0.421. The summed E-state index contributed by atoms with van der Waals surface area (Å²) in [6.45, 7) is 0. The number of rotatable bonds is 2. The molecule has 0 aromatic rings. The SMILES string of the molecule is CN(C)C(F)(F)[C@H](F)Cl. The third kappa shape index (κ3) is 2.02. The molecular formula is C4H7ClF3N. The Morgan fingerprint density at radius 2 is 1.78 bits per heavy atom. The van der Waals surface area contributed by atoms with E-state index in [-0.39, 0.29) is 0 Å². The summed E-state index contributed by atoms with van der Waals surface area (Å²) >= 11 is 4.51. The van der Waals surface area contributed by atoms with Gasteiger partial charge in [-0.15, -0.1) is 0 Å². The van der Waals surface area contributed by atoms with Crippen molar-refractivity contribution in [2.45, 2.75) is 11.7 Å². The van der Waals surface area contributed by atoms with Gasteiger partial charge in [-0.2, -0.15) is 8.78 Å². The standard InChI is InChI=1S/C4H7ClF3N/c1-9(2)4(7,8)3(5)6/h3H,1-2H3/t3-/m0/s1. The van der Waals surface area contributed by atoms with Crippen molar-refractivity contribution in [2.24, 2.45) is 0 Å². The Kier molecular flexibility index (Phi) is 2.76. The Morgan fingerprint density at radius 1 is 1.44 bits per heavy atom. The van der Waals surface area contributed by atoms with Gasteiger partial charge in [-0.05, 0) is 14.1 Å². The normalized spacial score (nSPS) is 16.3. The second kappa shape index (κ2) is 2.75. The van der Waals surface area contributed by atoms with Crippen LogP contribution in [0.4, 0.5) is 13.2 Å². The average molecular weight is 162 g/mol. The van der Waals surface area contributed by atoms with E-state index in [1.54, 1.807) is 0 Å². The molecule has 0 aliphatic rings. The molecule has 0 radical (unpaired) electrons. The van der Waals surface area contributed by atoms with E-state index in [1.807, 2.05) is 0 Å². The molecule has 9 heavy (non-hydrogen) atoms. The Balaban J connectivity index is 4.01. The number of halogens is 4. The van der Waals surface area contributed by atoms with Crippen LogP contribution in [0.25, 0.3) is 0 Å². The third-order valence-electron chi connectivity index (χ3n) is 0.859. The first kappa shape index (κ1) is 9.04. The molecular weight excluding hydrogens is 154 g/mol. The molecule has 0 unspecified atom stereocenters. The van der Waals surface area contributed by atoms with Gasteiger partial charge in [0.1, 0.15) is 0 Å². The monoisotopic (exact) mass is 161 g/mol. The van der Waals surface area contributed by atoms with Crippen molar-refractivity contribution in [3.8, 4) is 0 Å². The first-order chi connectivity index (χ1) is 3.89. The van der Waals surface area contributed by atoms with E-state index in [0.29, 0.717) is 4.90 Å². The van der Waals surface area contributed by atoms with Gasteiger partial charge in [0.2, 0.25) is 0 Å². The topological polar surface area (TPSA) is 3.24 Å². The summed E-state index contributed by atoms with van der Waals surface area (Å²) in [6, 6.07) is -3.57. The van der Waals surface area contributed by atoms with Crippen LogP contribution in [-0.4, -0.2) is 30.7 Å². The lowest BCUT2D eigenvalue weighted by Crippen LogP contribution is -2.41. The van der Waals surface area contributed by atoms with E-state index in [9.17, 15) is 13.2 Å². The highest BCUT2D eigenvalue weighted by Crippen LogP contribution is 2.25. The zero-order valence-corrected chi connectivity index (χ0v) is 5.79. The molecule has 0 fully saturated rings. The summed E-state index contributed by atoms with van der Waals surface area (Å²) in [7, 11) is 2.10. The molecule has 5 heteroatoms. The van der Waals surface area contributed by atoms with E-state index in [0.717, 1.165) is 14.1 Å². The van der Waals surface area contributed by atoms with Crippen molar-refractivity contribution in [2.75, 3.05) is 14.1 Å². The third-order valence-corrected chi connectivity index (χ3v) is 1.12. The van der Waals surface area contributed by atoms with Crippen LogP contribution >= 0.6 is 11.6 Å². The van der Waals surface area contributed by atoms with Crippen molar-refractivity contribution < 1.29 is 13.2 Å². The Bertz CT molecular complexity index is 83.8. The van der Waals surface area contributed by atoms with Crippen LogP contribution < -0.4 is 0 Å². The van der Waals surface area contributed by atoms with Crippen LogP contribution in [0.5, 0.6) is 0 Å². The summed E-state index contributed by atoms with van der Waals surface area (Å²) in [5, 5.41) is 0. The lowest BCUT2D eigenvalue weighted by atomic mass is 10.5. The predicted octanol–water partition coefficient (Wildman–Crippen LogP) is 1.68. The maximum absolute atomic E-state index is 12.1. The van der Waals surface area contributed by atoms with Gasteiger partial charge in [0.05, 0.1) is 0 Å². The molecule has 0 rings (SSSR count). The summed E-state index contributed by atoms with van der Waals surface area (Å²) in [5.74, 6) is 0. The first-order valence-corrected chi connectivity index (χ1v) is 2.66. The molecule has 0 aliphatic heterocycles. The maximum atomic E-state index is 12.1. The minimum atomic E-state index is -3.57. The molecule has 0 N–H and O–H groups in total. The Morgan fingerprint density at radius 3 is 1.78 bits per heavy atom. The largest absolute Gasteiger partial charge is 0.349 e. The average Bonchev–Trinajstić information content (AvgIpc) is 1.65. The van der Waals surface area contributed by atoms with Crippen molar-refractivity contribution in [3.63, 3.8) is 0 Å². The number of hydrogen-bond acceptors (Lipinski definition) is 1. The Labute approximate surface area is 56.4 Å². The molecule has 0 aromatic carbocycles. The summed E-state index contributed by atoms with van der Waals surface area (Å²) in [5.41, 5.74) is -2.65. The molecule has 1 atom stereocenters. The fourth-order valence-electron chi connectivity index (χ4n) is 0.195. The van der Waals surface area contributed by atoms with E-state index >= 15 is 0 Å². The smallest absolute Gasteiger partial charge is 0.247 e. The molecule has 0 aromatic heterocycles. The Hall–Kier alpha value is 0.0400. The van der Waals surface area contributed by atoms with E-state index in [4.69, 9.17) is 0 Å². The highest BCUT2D eigenvalue weighted by atomic mass is 35.5. The molecule has 1 nitrogen and oxygen atoms in total. The van der Waals surface area contributed by atoms with Crippen LogP contribution in [0, 0.1) is 0 Å². The van der Waals surface area contributed by atoms with Crippen LogP contribution in [0.2, 0.25) is 0 Å². The highest BCUT2D eigenvalue weighted by Gasteiger charge is 2.41. The molecule has 0 aliphatic carbocycles. The van der Waals surface area contributed by atoms with Crippen molar-refractivity contribution in [3.05, 3.63) is 0 Å². The number of nitrogens with zero attached hydrogens (tertiary/aromatic N) is 1. The molecule has 56 valence electrons. The molecule has 0 bridgehead atoms. The lowest BCUT2D eigenvalue weighted by molar-refractivity contribution is -0.148. The van der Waals surface area contributed by atoms with Gasteiger partial charge >= 0.3 is 6.05 Å². The van der Waals surface area contributed by atoms with Gasteiger partial charge in [0, 0.05) is 0 Å². The van der Waals surface area contributed by atoms with E-state index < -0.39 is 11.7 Å². The zero-order chi connectivity index (χ0) is 7.65. The van der Waals surface area contributed by atoms with Gasteiger partial charge in [-0.3, -0.25) is 0 Å². The molecule has 0 saturated heterocycles. The van der Waals surface area contributed by atoms with Gasteiger partial charge in [-0.1, -0.05) is 11.6 Å². The van der Waals surface area contributed by atoms with Crippen LogP contribution in [0.15, 0.2) is 0 Å². The summed E-state index contributed by atoms with van der Waals surface area (Å²) in [6.07, 6.45) is 0. The molecule has 0 amide bonds. The number of alkyl halides is 4. The highest BCUT2D eigenvalue weighted by molar-refractivity contribution is 6.20. The van der Waals surface area contributed by atoms with Crippen molar-refractivity contribution in [1.29, 1.82) is 0 Å². The molecule has 0 saturated carbocycles. The van der Waals surface area contributed by atoms with Crippen molar-refractivity contribution >= 4 is 11.6 Å². The van der Waals surface area contributed by atoms with Gasteiger partial charge in [0.15, 0.2) is 0 Å². The van der Waals surface area contributed by atoms with Crippen molar-refractivity contribution in [1.82, 2.24) is 4.90 Å². The van der Waals surface area contributed by atoms with Gasteiger partial charge in [-0.25, -0.2) is 9.29 Å². The molecule has 0 spiro atoms. The van der Waals surface area contributed by atoms with E-state index in [1.165, 1.54) is 0 Å². The maximum Gasteiger partial charge on any atom is 0.349 e. The van der Waals surface area contributed by atoms with Crippen LogP contribution in [0.1, 0.15) is 0 Å². The van der Waals surface area contributed by atoms with Gasteiger partial charge < -0.3 is 0 Å². The van der Waals surface area contributed by atoms with Gasteiger partial charge in [0.25, 0.3) is 5.63 Å².